The molecule has 4 fully saturated rings. The molecular formula is C42H54N10O6. The second-order valence-electron chi connectivity index (χ2n) is 16.0. The topological polar surface area (TPSA) is 157 Å². The van der Waals surface area contributed by atoms with Gasteiger partial charge < -0.3 is 19.4 Å². The van der Waals surface area contributed by atoms with E-state index in [-0.39, 0.29) is 35.6 Å². The molecule has 3 aromatic rings. The minimum atomic E-state index is -1.05. The summed E-state index contributed by atoms with van der Waals surface area (Å²) >= 11 is 0. The molecule has 1 N–H and O–H groups in total. The average molecular weight is 795 g/mol. The van der Waals surface area contributed by atoms with Crippen LogP contribution in [0.4, 0.5) is 11.4 Å². The monoisotopic (exact) mass is 794 g/mol. The highest BCUT2D eigenvalue weighted by atomic mass is 16.5. The third-order valence-corrected chi connectivity index (χ3v) is 12.2. The summed E-state index contributed by atoms with van der Waals surface area (Å²) in [4.78, 5) is 76.6. The fourth-order valence-corrected chi connectivity index (χ4v) is 8.79. The Kier molecular flexibility index (Phi) is 12.0. The Labute approximate surface area is 339 Å². The molecule has 6 heterocycles. The van der Waals surface area contributed by atoms with Crippen molar-refractivity contribution in [3.8, 4) is 5.75 Å². The van der Waals surface area contributed by atoms with Gasteiger partial charge in [0.15, 0.2) is 0 Å². The lowest BCUT2D eigenvalue weighted by atomic mass is 10.0. The second-order valence-corrected chi connectivity index (χ2v) is 16.0. The van der Waals surface area contributed by atoms with Crippen molar-refractivity contribution in [2.24, 2.45) is 0 Å². The largest absolute Gasteiger partial charge is 0.483 e. The number of aromatic nitrogens is 3. The molecular weight excluding hydrogens is 741 g/mol. The smallest absolute Gasteiger partial charge is 0.266 e. The Hall–Kier alpha value is -5.35. The highest BCUT2D eigenvalue weighted by Gasteiger charge is 2.46. The number of fused-ring (bicyclic) bond motifs is 1. The standard InChI is InChI=1S/C42H54N10O6/c1-30(58-36-8-5-7-33-39(36)42(57)52(41(33)56)35-13-14-37(53)43-40(35)55)34-29-51(45-44-34)19-6-16-46-23-27-50(28-24-46)38(54)15-20-47-21-25-49(26-22-47)32-11-9-31(10-12-32)48-17-3-2-4-18-48/h5,7-12,29-30,35H,2-4,6,13-28H2,1H3,(H,43,53,55). The third kappa shape index (κ3) is 8.72. The molecule has 2 unspecified atom stereocenters. The van der Waals surface area contributed by atoms with E-state index in [2.05, 4.69) is 59.5 Å². The van der Waals surface area contributed by atoms with Crippen LogP contribution in [0.15, 0.2) is 48.7 Å². The minimum absolute atomic E-state index is 0.0480. The molecule has 8 rings (SSSR count). The first-order chi connectivity index (χ1) is 28.2. The van der Waals surface area contributed by atoms with Crippen molar-refractivity contribution in [2.45, 2.75) is 70.6 Å². The predicted molar refractivity (Wildman–Crippen MR) is 216 cm³/mol. The third-order valence-electron chi connectivity index (χ3n) is 12.2. The van der Waals surface area contributed by atoms with E-state index in [1.165, 1.54) is 36.7 Å². The van der Waals surface area contributed by atoms with Crippen LogP contribution in [0.2, 0.25) is 0 Å². The zero-order valence-corrected chi connectivity index (χ0v) is 33.4. The maximum Gasteiger partial charge on any atom is 0.266 e. The van der Waals surface area contributed by atoms with Gasteiger partial charge in [-0.25, -0.2) is 0 Å². The van der Waals surface area contributed by atoms with Crippen LogP contribution in [-0.4, -0.2) is 149 Å². The number of carbonyl (C=O) groups excluding carboxylic acids is 5. The van der Waals surface area contributed by atoms with E-state index in [0.717, 1.165) is 89.9 Å². The van der Waals surface area contributed by atoms with Gasteiger partial charge in [0, 0.05) is 109 Å². The number of amides is 5. The maximum absolute atomic E-state index is 13.5. The fourth-order valence-electron chi connectivity index (χ4n) is 8.79. The van der Waals surface area contributed by atoms with Crippen LogP contribution in [0, 0.1) is 0 Å². The number of anilines is 2. The van der Waals surface area contributed by atoms with E-state index in [1.54, 1.807) is 23.7 Å². The summed E-state index contributed by atoms with van der Waals surface area (Å²) in [6.45, 7) is 13.5. The number of benzene rings is 2. The molecule has 0 spiro atoms. The van der Waals surface area contributed by atoms with Crippen molar-refractivity contribution in [2.75, 3.05) is 88.3 Å². The predicted octanol–water partition coefficient (Wildman–Crippen LogP) is 2.56. The summed E-state index contributed by atoms with van der Waals surface area (Å²) in [5.74, 6) is -1.84. The highest BCUT2D eigenvalue weighted by Crippen LogP contribution is 2.35. The molecule has 5 amide bonds. The van der Waals surface area contributed by atoms with Crippen LogP contribution in [0.3, 0.4) is 0 Å². The number of ether oxygens (including phenoxy) is 1. The van der Waals surface area contributed by atoms with Gasteiger partial charge in [-0.1, -0.05) is 11.3 Å². The van der Waals surface area contributed by atoms with Gasteiger partial charge in [0.2, 0.25) is 17.7 Å². The van der Waals surface area contributed by atoms with E-state index < -0.39 is 35.8 Å². The Bertz CT molecular complexity index is 1980. The number of rotatable bonds is 13. The van der Waals surface area contributed by atoms with Crippen LogP contribution < -0.4 is 19.9 Å². The Morgan fingerprint density at radius 2 is 1.47 bits per heavy atom. The molecule has 0 bridgehead atoms. The number of aryl methyl sites for hydroxylation is 1. The molecule has 2 atom stereocenters. The van der Waals surface area contributed by atoms with Crippen molar-refractivity contribution >= 4 is 40.9 Å². The summed E-state index contributed by atoms with van der Waals surface area (Å²) in [6, 6.07) is 12.8. The Morgan fingerprint density at radius 3 is 2.17 bits per heavy atom. The first-order valence-electron chi connectivity index (χ1n) is 21.0. The molecule has 0 saturated carbocycles. The zero-order valence-electron chi connectivity index (χ0n) is 33.4. The van der Waals surface area contributed by atoms with Crippen molar-refractivity contribution in [1.29, 1.82) is 0 Å². The van der Waals surface area contributed by atoms with E-state index in [1.807, 2.05) is 11.1 Å². The SMILES string of the molecule is CC(Oc1cccc2c1C(=O)N(C1CCC(=O)NC1=O)C2=O)c1cn(CCCN2CCN(C(=O)CCN3CCN(c4ccc(N5CCCCC5)cc4)CC3)CC2)nn1. The Morgan fingerprint density at radius 1 is 0.793 bits per heavy atom. The number of nitrogens with zero attached hydrogens (tertiary/aromatic N) is 9. The molecule has 5 aliphatic rings. The molecule has 2 aromatic carbocycles. The van der Waals surface area contributed by atoms with Gasteiger partial charge in [-0.15, -0.1) is 5.10 Å². The normalized spacial score (nSPS) is 21.4. The molecule has 0 aliphatic carbocycles. The fraction of sp³-hybridized carbons (Fsp3) is 0.548. The number of hydrogen-bond donors (Lipinski definition) is 1. The maximum atomic E-state index is 13.5. The Balaban J connectivity index is 0.729. The molecule has 5 aliphatic heterocycles. The number of nitrogens with one attached hydrogen (secondary N) is 1. The van der Waals surface area contributed by atoms with Crippen LogP contribution in [-0.2, 0) is 20.9 Å². The van der Waals surface area contributed by atoms with Gasteiger partial charge in [0.05, 0.1) is 17.3 Å². The van der Waals surface area contributed by atoms with Crippen LogP contribution in [0.25, 0.3) is 0 Å². The number of carbonyl (C=O) groups is 5. The zero-order chi connectivity index (χ0) is 40.2. The van der Waals surface area contributed by atoms with Crippen molar-refractivity contribution in [3.63, 3.8) is 0 Å². The lowest BCUT2D eigenvalue weighted by Crippen LogP contribution is -2.54. The lowest BCUT2D eigenvalue weighted by molar-refractivity contribution is -0.136. The number of hydrogen-bond acceptors (Lipinski definition) is 12. The van der Waals surface area contributed by atoms with E-state index in [4.69, 9.17) is 4.74 Å². The van der Waals surface area contributed by atoms with E-state index in [9.17, 15) is 24.0 Å². The van der Waals surface area contributed by atoms with Gasteiger partial charge in [0.1, 0.15) is 23.6 Å². The molecule has 16 nitrogen and oxygen atoms in total. The summed E-state index contributed by atoms with van der Waals surface area (Å²) in [5.41, 5.74) is 3.44. The highest BCUT2D eigenvalue weighted by molar-refractivity contribution is 6.24. The number of piperidine rings is 2. The number of imide groups is 2. The van der Waals surface area contributed by atoms with Gasteiger partial charge >= 0.3 is 0 Å². The summed E-state index contributed by atoms with van der Waals surface area (Å²) in [7, 11) is 0. The van der Waals surface area contributed by atoms with Gasteiger partial charge in [-0.2, -0.15) is 0 Å². The minimum Gasteiger partial charge on any atom is -0.483 e. The summed E-state index contributed by atoms with van der Waals surface area (Å²) < 4.78 is 7.93. The summed E-state index contributed by atoms with van der Waals surface area (Å²) in [5, 5.41) is 10.8. The van der Waals surface area contributed by atoms with Crippen LogP contribution in [0.5, 0.6) is 5.75 Å². The van der Waals surface area contributed by atoms with Crippen LogP contribution in [0.1, 0.15) is 84.4 Å². The van der Waals surface area contributed by atoms with Crippen LogP contribution >= 0.6 is 0 Å². The molecule has 4 saturated heterocycles. The van der Waals surface area contributed by atoms with Gasteiger partial charge in [0.25, 0.3) is 11.8 Å². The lowest BCUT2D eigenvalue weighted by Gasteiger charge is -2.37. The first kappa shape index (κ1) is 39.5. The average Bonchev–Trinajstić information content (AvgIpc) is 3.83. The second kappa shape index (κ2) is 17.6. The molecule has 1 aromatic heterocycles. The molecule has 0 radical (unpaired) electrons. The van der Waals surface area contributed by atoms with E-state index >= 15 is 0 Å². The summed E-state index contributed by atoms with van der Waals surface area (Å²) in [6.07, 6.45) is 6.70. The first-order valence-corrected chi connectivity index (χ1v) is 21.0. The van der Waals surface area contributed by atoms with Gasteiger partial charge in [-0.3, -0.25) is 48.7 Å². The van der Waals surface area contributed by atoms with Crippen molar-refractivity contribution < 1.29 is 28.7 Å². The van der Waals surface area contributed by atoms with E-state index in [0.29, 0.717) is 18.7 Å². The van der Waals surface area contributed by atoms with Crippen molar-refractivity contribution in [3.05, 3.63) is 65.5 Å². The quantitative estimate of drug-likeness (QED) is 0.253. The van der Waals surface area contributed by atoms with Crippen molar-refractivity contribution in [1.82, 2.24) is 39.9 Å². The molecule has 308 valence electrons. The van der Waals surface area contributed by atoms with Gasteiger partial charge in [-0.05, 0) is 75.4 Å². The molecule has 16 heteroatoms. The number of piperazine rings is 2. The molecule has 58 heavy (non-hydrogen) atoms.